The van der Waals surface area contributed by atoms with Crippen LogP contribution in [0.5, 0.6) is 11.8 Å². The highest BCUT2D eigenvalue weighted by Gasteiger charge is 2.38. The third-order valence-electron chi connectivity index (χ3n) is 7.30. The summed E-state index contributed by atoms with van der Waals surface area (Å²) in [6.07, 6.45) is 4.13. The van der Waals surface area contributed by atoms with Gasteiger partial charge in [0.15, 0.2) is 11.6 Å². The summed E-state index contributed by atoms with van der Waals surface area (Å²) in [7, 11) is 1.71. The van der Waals surface area contributed by atoms with E-state index in [2.05, 4.69) is 31.2 Å². The minimum Gasteiger partial charge on any atom is -0.489 e. The lowest BCUT2D eigenvalue weighted by atomic mass is 9.98. The lowest BCUT2D eigenvalue weighted by Gasteiger charge is -2.33. The van der Waals surface area contributed by atoms with Crippen molar-refractivity contribution in [3.05, 3.63) is 35.3 Å². The second-order valence-electron chi connectivity index (χ2n) is 10.3. The number of nitrogen functional groups attached to an aromatic ring is 1. The molecule has 2 aromatic heterocycles. The Morgan fingerprint density at radius 2 is 2.00 bits per heavy atom. The summed E-state index contributed by atoms with van der Waals surface area (Å²) >= 11 is 0. The van der Waals surface area contributed by atoms with E-state index in [0.29, 0.717) is 60.0 Å². The highest BCUT2D eigenvalue weighted by Crippen LogP contribution is 2.37. The number of carbonyl (C=O) groups excluding carboxylic acids is 1. The monoisotopic (exact) mass is 550 g/mol. The molecule has 0 radical (unpaired) electrons. The topological polar surface area (TPSA) is 195 Å². The molecule has 2 aromatic rings. The van der Waals surface area contributed by atoms with Crippen molar-refractivity contribution >= 4 is 23.2 Å². The van der Waals surface area contributed by atoms with Gasteiger partial charge in [-0.05, 0) is 45.1 Å². The molecular formula is C27H38N10O3. The quantitative estimate of drug-likeness (QED) is 0.233. The molecule has 1 saturated carbocycles. The molecule has 2 aliphatic rings. The predicted molar refractivity (Wildman–Crippen MR) is 151 cm³/mol. The fourth-order valence-corrected chi connectivity index (χ4v) is 4.43. The fourth-order valence-electron chi connectivity index (χ4n) is 4.43. The second kappa shape index (κ2) is 12.7. The van der Waals surface area contributed by atoms with Crippen LogP contribution < -0.4 is 37.0 Å². The average molecular weight is 551 g/mol. The van der Waals surface area contributed by atoms with Crippen LogP contribution in [-0.4, -0.2) is 65.8 Å². The fraction of sp³-hybridized carbons (Fsp3) is 0.519. The number of rotatable bonds is 11. The number of hydrogen-bond acceptors (Lipinski definition) is 12. The molecule has 3 heterocycles. The number of nitrogens with one attached hydrogen (secondary N) is 1. The summed E-state index contributed by atoms with van der Waals surface area (Å²) in [5.41, 5.74) is 14.4. The third-order valence-corrected chi connectivity index (χ3v) is 7.30. The summed E-state index contributed by atoms with van der Waals surface area (Å²) < 4.78 is 11.9. The van der Waals surface area contributed by atoms with Gasteiger partial charge in [-0.25, -0.2) is 10.8 Å². The van der Waals surface area contributed by atoms with Crippen molar-refractivity contribution in [1.82, 2.24) is 25.3 Å². The number of hydrogen-bond donors (Lipinski definition) is 4. The van der Waals surface area contributed by atoms with Gasteiger partial charge < -0.3 is 36.2 Å². The molecule has 1 saturated heterocycles. The number of piperidine rings is 1. The van der Waals surface area contributed by atoms with Crippen molar-refractivity contribution in [2.24, 2.45) is 29.3 Å². The Balaban J connectivity index is 1.38. The van der Waals surface area contributed by atoms with Gasteiger partial charge in [-0.1, -0.05) is 0 Å². The molecule has 13 heteroatoms. The Labute approximate surface area is 234 Å². The van der Waals surface area contributed by atoms with Gasteiger partial charge in [0.05, 0.1) is 30.9 Å². The number of carbonyl (C=O) groups is 1. The Hall–Kier alpha value is -4.31. The van der Waals surface area contributed by atoms with Crippen LogP contribution in [0.2, 0.25) is 0 Å². The zero-order valence-electron chi connectivity index (χ0n) is 23.3. The first-order valence-corrected chi connectivity index (χ1v) is 13.5. The molecule has 7 N–H and O–H groups in total. The van der Waals surface area contributed by atoms with Crippen LogP contribution in [0.3, 0.4) is 0 Å². The van der Waals surface area contributed by atoms with Gasteiger partial charge in [0, 0.05) is 56.1 Å². The molecule has 2 fully saturated rings. The number of anilines is 2. The molecule has 1 aliphatic heterocycles. The summed E-state index contributed by atoms with van der Waals surface area (Å²) in [5.74, 6) is 7.44. The standard InChI is InChI=1S/C27H38N10O3/c1-4-32-26(38)21-11-23(35-27(34-21)40-15-20-9-18(20)12-28)37-7-5-17(6-8-37)14-39-22-10-19(13-33-25(22)30)24(29)16(2)36(3)31/h10-11,13,17-18,20H,4-9,14-15,29,31H2,1-3H3,(H2,30,33)(H,32,38)/b24-16-. The van der Waals surface area contributed by atoms with E-state index < -0.39 is 0 Å². The maximum Gasteiger partial charge on any atom is 0.319 e. The average Bonchev–Trinajstić information content (AvgIpc) is 3.74. The first-order valence-electron chi connectivity index (χ1n) is 13.5. The van der Waals surface area contributed by atoms with Crippen LogP contribution in [0, 0.1) is 29.1 Å². The molecule has 4 rings (SSSR count). The molecule has 1 aliphatic carbocycles. The zero-order valence-corrected chi connectivity index (χ0v) is 23.3. The minimum absolute atomic E-state index is 0.0199. The molecule has 2 unspecified atom stereocenters. The van der Waals surface area contributed by atoms with Crippen LogP contribution >= 0.6 is 0 Å². The van der Waals surface area contributed by atoms with Gasteiger partial charge >= 0.3 is 6.01 Å². The molecule has 13 nitrogen and oxygen atoms in total. The Morgan fingerprint density at radius 1 is 1.25 bits per heavy atom. The number of aromatic nitrogens is 3. The van der Waals surface area contributed by atoms with Gasteiger partial charge in [0.2, 0.25) is 0 Å². The number of amides is 1. The van der Waals surface area contributed by atoms with E-state index >= 15 is 0 Å². The van der Waals surface area contributed by atoms with Crippen molar-refractivity contribution in [1.29, 1.82) is 5.26 Å². The molecular weight excluding hydrogens is 512 g/mol. The van der Waals surface area contributed by atoms with E-state index in [1.54, 1.807) is 25.4 Å². The first kappa shape index (κ1) is 28.7. The molecule has 1 amide bonds. The SMILES string of the molecule is CCNC(=O)c1cc(N2CCC(COc3cc(/C(N)=C(\C)N(C)N)cnc3N)CC2)nc(OCC2CC2C#N)n1. The Kier molecular flexibility index (Phi) is 9.11. The van der Waals surface area contributed by atoms with Gasteiger partial charge in [-0.15, -0.1) is 0 Å². The van der Waals surface area contributed by atoms with Gasteiger partial charge in [-0.2, -0.15) is 15.2 Å². The molecule has 214 valence electrons. The van der Waals surface area contributed by atoms with Crippen molar-refractivity contribution in [2.45, 2.75) is 33.1 Å². The maximum absolute atomic E-state index is 12.5. The van der Waals surface area contributed by atoms with Crippen LogP contribution in [0.4, 0.5) is 11.6 Å². The van der Waals surface area contributed by atoms with E-state index in [0.717, 1.165) is 32.4 Å². The molecule has 0 bridgehead atoms. The van der Waals surface area contributed by atoms with Gasteiger partial charge in [0.1, 0.15) is 11.5 Å². The summed E-state index contributed by atoms with van der Waals surface area (Å²) in [6, 6.07) is 5.88. The lowest BCUT2D eigenvalue weighted by molar-refractivity contribution is 0.0949. The third kappa shape index (κ3) is 7.01. The highest BCUT2D eigenvalue weighted by molar-refractivity contribution is 5.93. The van der Waals surface area contributed by atoms with Crippen molar-refractivity contribution in [2.75, 3.05) is 50.5 Å². The summed E-state index contributed by atoms with van der Waals surface area (Å²) in [4.78, 5) is 27.8. The molecule has 2 atom stereocenters. The smallest absolute Gasteiger partial charge is 0.319 e. The van der Waals surface area contributed by atoms with Crippen LogP contribution in [0.25, 0.3) is 5.70 Å². The Morgan fingerprint density at radius 3 is 2.65 bits per heavy atom. The van der Waals surface area contributed by atoms with E-state index in [9.17, 15) is 4.79 Å². The van der Waals surface area contributed by atoms with Gasteiger partial charge in [-0.3, -0.25) is 4.79 Å². The number of ether oxygens (including phenoxy) is 2. The van der Waals surface area contributed by atoms with Crippen molar-refractivity contribution in [3.63, 3.8) is 0 Å². The number of pyridine rings is 1. The predicted octanol–water partition coefficient (Wildman–Crippen LogP) is 1.49. The number of nitrogens with zero attached hydrogens (tertiary/aromatic N) is 6. The summed E-state index contributed by atoms with van der Waals surface area (Å²) in [6.45, 7) is 6.45. The largest absolute Gasteiger partial charge is 0.489 e. The minimum atomic E-state index is -0.280. The summed E-state index contributed by atoms with van der Waals surface area (Å²) in [5, 5.41) is 13.3. The normalized spacial score (nSPS) is 19.3. The lowest BCUT2D eigenvalue weighted by Crippen LogP contribution is -2.36. The number of nitrogens with two attached hydrogens (primary N) is 3. The number of nitriles is 1. The number of allylic oxidation sites excluding steroid dienone is 1. The molecule has 0 spiro atoms. The van der Waals surface area contributed by atoms with E-state index in [1.165, 1.54) is 5.01 Å². The highest BCUT2D eigenvalue weighted by atomic mass is 16.5. The second-order valence-corrected chi connectivity index (χ2v) is 10.3. The van der Waals surface area contributed by atoms with E-state index in [4.69, 9.17) is 32.0 Å². The van der Waals surface area contributed by atoms with E-state index in [-0.39, 0.29) is 29.4 Å². The molecule has 0 aromatic carbocycles. The zero-order chi connectivity index (χ0) is 28.8. The molecule has 40 heavy (non-hydrogen) atoms. The maximum atomic E-state index is 12.5. The van der Waals surface area contributed by atoms with Crippen molar-refractivity contribution in [3.8, 4) is 17.8 Å². The first-order chi connectivity index (χ1) is 19.2. The van der Waals surface area contributed by atoms with Crippen LogP contribution in [-0.2, 0) is 0 Å². The van der Waals surface area contributed by atoms with Crippen LogP contribution in [0.15, 0.2) is 24.0 Å². The Bertz CT molecular complexity index is 1280. The number of hydrazine groups is 1. The van der Waals surface area contributed by atoms with Gasteiger partial charge in [0.25, 0.3) is 5.91 Å². The van der Waals surface area contributed by atoms with Crippen molar-refractivity contribution < 1.29 is 14.3 Å². The van der Waals surface area contributed by atoms with E-state index in [1.807, 2.05) is 13.8 Å². The van der Waals surface area contributed by atoms with Crippen LogP contribution in [0.1, 0.15) is 49.2 Å².